The molecule has 0 unspecified atom stereocenters. The molecule has 2 nitrogen and oxygen atoms in total. The van der Waals surface area contributed by atoms with Crippen molar-refractivity contribution in [2.75, 3.05) is 0 Å². The molecule has 0 saturated carbocycles. The molecule has 2 heteroatoms. The van der Waals surface area contributed by atoms with Crippen molar-refractivity contribution in [2.45, 2.75) is 20.8 Å². The van der Waals surface area contributed by atoms with Crippen LogP contribution >= 0.6 is 0 Å². The number of imidazole rings is 1. The summed E-state index contributed by atoms with van der Waals surface area (Å²) in [5.41, 5.74) is 7.49. The highest BCUT2D eigenvalue weighted by Gasteiger charge is 2.10. The van der Waals surface area contributed by atoms with Crippen LogP contribution in [0.2, 0.25) is 0 Å². The van der Waals surface area contributed by atoms with Crippen LogP contribution in [0.25, 0.3) is 22.5 Å². The van der Waals surface area contributed by atoms with Crippen molar-refractivity contribution < 1.29 is 0 Å². The summed E-state index contributed by atoms with van der Waals surface area (Å²) in [7, 11) is 0. The van der Waals surface area contributed by atoms with Gasteiger partial charge < -0.3 is 4.40 Å². The smallest absolute Gasteiger partial charge is 0.138 e. The molecule has 0 aliphatic heterocycles. The van der Waals surface area contributed by atoms with Crippen molar-refractivity contribution in [3.05, 3.63) is 65.5 Å². The van der Waals surface area contributed by atoms with E-state index >= 15 is 0 Å². The summed E-state index contributed by atoms with van der Waals surface area (Å²) in [4.78, 5) is 4.74. The standard InChI is InChI=1S/C20H18N2/c1-5-14(3)17-7-9-18(10-8-17)20-15(4)22-12-11-16(6-2)13-19(22)21-20/h2,5,7-13H,1,3-4H3/b14-5+. The van der Waals surface area contributed by atoms with Crippen molar-refractivity contribution in [1.29, 1.82) is 0 Å². The number of rotatable bonds is 2. The lowest BCUT2D eigenvalue weighted by atomic mass is 10.0. The van der Waals surface area contributed by atoms with E-state index in [0.717, 1.165) is 28.2 Å². The number of allylic oxidation sites excluding steroid dienone is 2. The number of pyridine rings is 1. The first-order valence-electron chi connectivity index (χ1n) is 7.33. The van der Waals surface area contributed by atoms with Gasteiger partial charge in [-0.1, -0.05) is 36.3 Å². The summed E-state index contributed by atoms with van der Waals surface area (Å²) >= 11 is 0. The van der Waals surface area contributed by atoms with E-state index in [0.29, 0.717) is 0 Å². The Balaban J connectivity index is 2.10. The fourth-order valence-corrected chi connectivity index (χ4v) is 2.59. The van der Waals surface area contributed by atoms with Crippen LogP contribution in [0.5, 0.6) is 0 Å². The normalized spacial score (nSPS) is 11.6. The number of aryl methyl sites for hydroxylation is 1. The van der Waals surface area contributed by atoms with Gasteiger partial charge in [-0.05, 0) is 44.0 Å². The number of hydrogen-bond donors (Lipinski definition) is 0. The molecule has 2 aromatic heterocycles. The molecule has 0 aliphatic carbocycles. The molecule has 22 heavy (non-hydrogen) atoms. The van der Waals surface area contributed by atoms with Crippen LogP contribution < -0.4 is 0 Å². The third kappa shape index (κ3) is 2.31. The molecule has 0 bridgehead atoms. The topological polar surface area (TPSA) is 17.3 Å². The quantitative estimate of drug-likeness (QED) is 0.623. The summed E-state index contributed by atoms with van der Waals surface area (Å²) in [5, 5.41) is 0. The molecule has 1 aromatic carbocycles. The number of aromatic nitrogens is 2. The molecule has 2 heterocycles. The van der Waals surface area contributed by atoms with E-state index in [-0.39, 0.29) is 0 Å². The Morgan fingerprint density at radius 3 is 2.59 bits per heavy atom. The van der Waals surface area contributed by atoms with Crippen molar-refractivity contribution >= 4 is 11.2 Å². The second kappa shape index (κ2) is 5.54. The van der Waals surface area contributed by atoms with Crippen molar-refractivity contribution in [1.82, 2.24) is 9.38 Å². The fraction of sp³-hybridized carbons (Fsp3) is 0.150. The summed E-state index contributed by atoms with van der Waals surface area (Å²) in [6.07, 6.45) is 9.56. The van der Waals surface area contributed by atoms with E-state index in [2.05, 4.69) is 61.4 Å². The highest BCUT2D eigenvalue weighted by molar-refractivity contribution is 5.71. The molecule has 3 rings (SSSR count). The summed E-state index contributed by atoms with van der Waals surface area (Å²) < 4.78 is 2.07. The predicted octanol–water partition coefficient (Wildman–Crippen LogP) is 4.71. The summed E-state index contributed by atoms with van der Waals surface area (Å²) in [6, 6.07) is 12.4. The number of nitrogens with zero attached hydrogens (tertiary/aromatic N) is 2. The molecule has 108 valence electrons. The number of terminal acetylenes is 1. The third-order valence-electron chi connectivity index (χ3n) is 4.08. The van der Waals surface area contributed by atoms with Crippen LogP contribution in [0.1, 0.15) is 30.7 Å². The average Bonchev–Trinajstić information content (AvgIpc) is 2.90. The Kier molecular flexibility index (Phi) is 3.56. The van der Waals surface area contributed by atoms with Crippen LogP contribution in [0, 0.1) is 19.3 Å². The van der Waals surface area contributed by atoms with Crippen LogP contribution in [0.15, 0.2) is 48.7 Å². The molecule has 0 atom stereocenters. The first-order chi connectivity index (χ1) is 10.6. The number of fused-ring (bicyclic) bond motifs is 1. The molecule has 0 aliphatic rings. The first kappa shape index (κ1) is 14.2. The molecule has 0 N–H and O–H groups in total. The SMILES string of the molecule is C#Cc1ccn2c(C)c(-c3ccc(/C(C)=C/C)cc3)nc2c1. The molecule has 0 fully saturated rings. The lowest BCUT2D eigenvalue weighted by Gasteiger charge is -2.03. The zero-order valence-electron chi connectivity index (χ0n) is 13.1. The third-order valence-corrected chi connectivity index (χ3v) is 4.08. The maximum absolute atomic E-state index is 5.46. The van der Waals surface area contributed by atoms with Gasteiger partial charge in [0.1, 0.15) is 5.65 Å². The van der Waals surface area contributed by atoms with E-state index in [1.165, 1.54) is 11.1 Å². The van der Waals surface area contributed by atoms with Crippen LogP contribution in [-0.2, 0) is 0 Å². The van der Waals surface area contributed by atoms with E-state index < -0.39 is 0 Å². The number of hydrogen-bond acceptors (Lipinski definition) is 1. The highest BCUT2D eigenvalue weighted by atomic mass is 15.0. The lowest BCUT2D eigenvalue weighted by Crippen LogP contribution is -1.88. The van der Waals surface area contributed by atoms with Crippen LogP contribution in [0.4, 0.5) is 0 Å². The monoisotopic (exact) mass is 286 g/mol. The van der Waals surface area contributed by atoms with Crippen LogP contribution in [-0.4, -0.2) is 9.38 Å². The minimum absolute atomic E-state index is 0.850. The minimum atomic E-state index is 0.850. The Morgan fingerprint density at radius 2 is 1.95 bits per heavy atom. The maximum Gasteiger partial charge on any atom is 0.138 e. The number of benzene rings is 1. The Bertz CT molecular complexity index is 903. The molecule has 0 saturated heterocycles. The minimum Gasteiger partial charge on any atom is -0.304 e. The Labute approximate surface area is 131 Å². The fourth-order valence-electron chi connectivity index (χ4n) is 2.59. The Hall–Kier alpha value is -2.79. The highest BCUT2D eigenvalue weighted by Crippen LogP contribution is 2.26. The largest absolute Gasteiger partial charge is 0.304 e. The van der Waals surface area contributed by atoms with Crippen molar-refractivity contribution in [2.24, 2.45) is 0 Å². The van der Waals surface area contributed by atoms with Gasteiger partial charge in [-0.3, -0.25) is 0 Å². The van der Waals surface area contributed by atoms with Gasteiger partial charge in [0.25, 0.3) is 0 Å². The van der Waals surface area contributed by atoms with Crippen molar-refractivity contribution in [3.8, 4) is 23.6 Å². The van der Waals surface area contributed by atoms with Gasteiger partial charge >= 0.3 is 0 Å². The zero-order valence-corrected chi connectivity index (χ0v) is 13.1. The van der Waals surface area contributed by atoms with Crippen LogP contribution in [0.3, 0.4) is 0 Å². The molecule has 0 radical (unpaired) electrons. The van der Waals surface area contributed by atoms with Gasteiger partial charge in [0.15, 0.2) is 0 Å². The van der Waals surface area contributed by atoms with Gasteiger partial charge in [0.05, 0.1) is 5.69 Å². The van der Waals surface area contributed by atoms with Gasteiger partial charge in [-0.15, -0.1) is 6.42 Å². The molecular formula is C20H18N2. The zero-order chi connectivity index (χ0) is 15.7. The van der Waals surface area contributed by atoms with Gasteiger partial charge in [0, 0.05) is 23.0 Å². The van der Waals surface area contributed by atoms with Crippen molar-refractivity contribution in [3.63, 3.8) is 0 Å². The molecule has 0 spiro atoms. The predicted molar refractivity (Wildman–Crippen MR) is 92.6 cm³/mol. The average molecular weight is 286 g/mol. The van der Waals surface area contributed by atoms with E-state index in [9.17, 15) is 0 Å². The molecule has 3 aromatic rings. The summed E-state index contributed by atoms with van der Waals surface area (Å²) in [6.45, 7) is 6.25. The van der Waals surface area contributed by atoms with E-state index in [1.807, 2.05) is 18.3 Å². The summed E-state index contributed by atoms with van der Waals surface area (Å²) in [5.74, 6) is 2.65. The van der Waals surface area contributed by atoms with E-state index in [1.54, 1.807) is 0 Å². The van der Waals surface area contributed by atoms with E-state index in [4.69, 9.17) is 11.4 Å². The molecular weight excluding hydrogens is 268 g/mol. The second-order valence-electron chi connectivity index (χ2n) is 5.38. The second-order valence-corrected chi connectivity index (χ2v) is 5.38. The Morgan fingerprint density at radius 1 is 1.23 bits per heavy atom. The van der Waals surface area contributed by atoms with Gasteiger partial charge in [-0.25, -0.2) is 4.98 Å². The molecule has 0 amide bonds. The maximum atomic E-state index is 5.46. The lowest BCUT2D eigenvalue weighted by molar-refractivity contribution is 1.11. The first-order valence-corrected chi connectivity index (χ1v) is 7.33. The van der Waals surface area contributed by atoms with Gasteiger partial charge in [0.2, 0.25) is 0 Å². The van der Waals surface area contributed by atoms with Gasteiger partial charge in [-0.2, -0.15) is 0 Å².